The number of hydrogen-bond acceptors (Lipinski definition) is 2. The molecule has 0 bridgehead atoms. The van der Waals surface area contributed by atoms with Crippen molar-refractivity contribution in [2.75, 3.05) is 0 Å². The fourth-order valence-electron chi connectivity index (χ4n) is 0.689. The van der Waals surface area contributed by atoms with Crippen molar-refractivity contribution in [1.29, 1.82) is 0 Å². The molecule has 0 spiro atoms. The third-order valence-corrected chi connectivity index (χ3v) is 1.48. The molecule has 66 valence electrons. The molecule has 0 unspecified atom stereocenters. The van der Waals surface area contributed by atoms with Crippen molar-refractivity contribution in [2.24, 2.45) is 5.92 Å². The zero-order valence-corrected chi connectivity index (χ0v) is 7.89. The van der Waals surface area contributed by atoms with E-state index in [2.05, 4.69) is 0 Å². The molecule has 0 saturated carbocycles. The third kappa shape index (κ3) is 5.89. The van der Waals surface area contributed by atoms with Crippen LogP contribution in [0.4, 0.5) is 0 Å². The molecule has 0 aromatic heterocycles. The Balaban J connectivity index is 3.52. The average molecular weight is 158 g/mol. The first-order valence-electron chi connectivity index (χ1n) is 4.25. The van der Waals surface area contributed by atoms with Gasteiger partial charge in [0, 0.05) is 6.42 Å². The maximum absolute atomic E-state index is 11.0. The van der Waals surface area contributed by atoms with Gasteiger partial charge in [0.25, 0.3) is 0 Å². The van der Waals surface area contributed by atoms with E-state index in [-0.39, 0.29) is 12.1 Å². The zero-order chi connectivity index (χ0) is 8.85. The lowest BCUT2D eigenvalue weighted by Gasteiger charge is -2.11. The van der Waals surface area contributed by atoms with E-state index in [0.717, 1.165) is 6.42 Å². The summed E-state index contributed by atoms with van der Waals surface area (Å²) in [6.45, 7) is 7.95. The number of carbonyl (C=O) groups excluding carboxylic acids is 1. The van der Waals surface area contributed by atoms with Crippen LogP contribution in [0, 0.1) is 5.92 Å². The standard InChI is InChI=1S/C9H18O2/c1-5-8(4)11-9(10)6-7(2)3/h7-8H,5-6H2,1-4H3/t8-/m0/s1. The highest BCUT2D eigenvalue weighted by Crippen LogP contribution is 2.04. The number of esters is 1. The second-order valence-electron chi connectivity index (χ2n) is 3.31. The van der Waals surface area contributed by atoms with Crippen LogP contribution in [0.5, 0.6) is 0 Å². The molecule has 11 heavy (non-hydrogen) atoms. The molecule has 0 N–H and O–H groups in total. The summed E-state index contributed by atoms with van der Waals surface area (Å²) in [6, 6.07) is 0. The lowest BCUT2D eigenvalue weighted by molar-refractivity contribution is -0.149. The number of hydrogen-bond donors (Lipinski definition) is 0. The Morgan fingerprint density at radius 1 is 1.36 bits per heavy atom. The molecule has 0 aliphatic carbocycles. The van der Waals surface area contributed by atoms with Crippen LogP contribution >= 0.6 is 0 Å². The SMILES string of the molecule is CC[C@H](C)OC(=O)CC(C)C. The van der Waals surface area contributed by atoms with Gasteiger partial charge in [-0.15, -0.1) is 0 Å². The van der Waals surface area contributed by atoms with Gasteiger partial charge in [-0.05, 0) is 19.3 Å². The highest BCUT2D eigenvalue weighted by molar-refractivity contribution is 5.69. The van der Waals surface area contributed by atoms with Gasteiger partial charge in [-0.1, -0.05) is 20.8 Å². The summed E-state index contributed by atoms with van der Waals surface area (Å²) in [5, 5.41) is 0. The molecule has 0 aromatic carbocycles. The van der Waals surface area contributed by atoms with Crippen LogP contribution < -0.4 is 0 Å². The molecule has 0 radical (unpaired) electrons. The smallest absolute Gasteiger partial charge is 0.306 e. The van der Waals surface area contributed by atoms with Gasteiger partial charge in [0.05, 0.1) is 6.10 Å². The van der Waals surface area contributed by atoms with Crippen molar-refractivity contribution in [2.45, 2.75) is 46.6 Å². The summed E-state index contributed by atoms with van der Waals surface area (Å²) in [6.07, 6.45) is 1.50. The van der Waals surface area contributed by atoms with Gasteiger partial charge in [-0.3, -0.25) is 4.79 Å². The predicted molar refractivity (Wildman–Crippen MR) is 45.3 cm³/mol. The zero-order valence-electron chi connectivity index (χ0n) is 7.89. The van der Waals surface area contributed by atoms with Crippen LogP contribution in [0.2, 0.25) is 0 Å². The van der Waals surface area contributed by atoms with Gasteiger partial charge in [-0.2, -0.15) is 0 Å². The van der Waals surface area contributed by atoms with E-state index in [0.29, 0.717) is 12.3 Å². The highest BCUT2D eigenvalue weighted by Gasteiger charge is 2.08. The molecule has 0 heterocycles. The molecule has 0 amide bonds. The van der Waals surface area contributed by atoms with Crippen molar-refractivity contribution < 1.29 is 9.53 Å². The Hall–Kier alpha value is -0.530. The monoisotopic (exact) mass is 158 g/mol. The maximum Gasteiger partial charge on any atom is 0.306 e. The van der Waals surface area contributed by atoms with Crippen LogP contribution in [0.15, 0.2) is 0 Å². The van der Waals surface area contributed by atoms with Crippen LogP contribution in [0.3, 0.4) is 0 Å². The minimum atomic E-state index is -0.0747. The van der Waals surface area contributed by atoms with Crippen LogP contribution in [-0.2, 0) is 9.53 Å². The fraction of sp³-hybridized carbons (Fsp3) is 0.889. The number of carbonyl (C=O) groups is 1. The Labute approximate surface area is 68.9 Å². The first kappa shape index (κ1) is 10.5. The molecule has 0 fully saturated rings. The molecule has 2 nitrogen and oxygen atoms in total. The van der Waals surface area contributed by atoms with Crippen molar-refractivity contribution >= 4 is 5.97 Å². The minimum absolute atomic E-state index is 0.0706. The maximum atomic E-state index is 11.0. The predicted octanol–water partition coefficient (Wildman–Crippen LogP) is 2.37. The van der Waals surface area contributed by atoms with Gasteiger partial charge in [0.15, 0.2) is 0 Å². The minimum Gasteiger partial charge on any atom is -0.463 e. The molecule has 2 heteroatoms. The molecule has 0 saturated heterocycles. The molecule has 0 rings (SSSR count). The van der Waals surface area contributed by atoms with Crippen molar-refractivity contribution in [3.05, 3.63) is 0 Å². The van der Waals surface area contributed by atoms with Gasteiger partial charge in [0.1, 0.15) is 0 Å². The van der Waals surface area contributed by atoms with Crippen LogP contribution in [0.25, 0.3) is 0 Å². The van der Waals surface area contributed by atoms with E-state index in [1.54, 1.807) is 0 Å². The van der Waals surface area contributed by atoms with Crippen molar-refractivity contribution in [3.63, 3.8) is 0 Å². The molecule has 0 aliphatic rings. The summed E-state index contributed by atoms with van der Waals surface area (Å²) in [5.74, 6) is 0.320. The Bertz CT molecular complexity index is 119. The first-order valence-corrected chi connectivity index (χ1v) is 4.25. The third-order valence-electron chi connectivity index (χ3n) is 1.48. The van der Waals surface area contributed by atoms with E-state index < -0.39 is 0 Å². The summed E-state index contributed by atoms with van der Waals surface area (Å²) in [4.78, 5) is 11.0. The summed E-state index contributed by atoms with van der Waals surface area (Å²) in [7, 11) is 0. The number of ether oxygens (including phenoxy) is 1. The first-order chi connectivity index (χ1) is 5.06. The number of rotatable bonds is 4. The molecular formula is C9H18O2. The second-order valence-corrected chi connectivity index (χ2v) is 3.31. The van der Waals surface area contributed by atoms with Gasteiger partial charge >= 0.3 is 5.97 Å². The highest BCUT2D eigenvalue weighted by atomic mass is 16.5. The molecular weight excluding hydrogens is 140 g/mol. The largest absolute Gasteiger partial charge is 0.463 e. The lowest BCUT2D eigenvalue weighted by Crippen LogP contribution is -2.15. The fourth-order valence-corrected chi connectivity index (χ4v) is 0.689. The average Bonchev–Trinajstić information content (AvgIpc) is 1.85. The van der Waals surface area contributed by atoms with E-state index in [1.165, 1.54) is 0 Å². The molecule has 1 atom stereocenters. The van der Waals surface area contributed by atoms with Gasteiger partial charge in [-0.25, -0.2) is 0 Å². The van der Waals surface area contributed by atoms with Crippen LogP contribution in [0.1, 0.15) is 40.5 Å². The Morgan fingerprint density at radius 3 is 2.27 bits per heavy atom. The molecule has 0 aromatic rings. The summed E-state index contributed by atoms with van der Waals surface area (Å²) >= 11 is 0. The van der Waals surface area contributed by atoms with Crippen molar-refractivity contribution in [1.82, 2.24) is 0 Å². The lowest BCUT2D eigenvalue weighted by atomic mass is 10.1. The van der Waals surface area contributed by atoms with E-state index in [4.69, 9.17) is 4.74 Å². The van der Waals surface area contributed by atoms with E-state index >= 15 is 0 Å². The second kappa shape index (κ2) is 5.16. The van der Waals surface area contributed by atoms with E-state index in [1.807, 2.05) is 27.7 Å². The van der Waals surface area contributed by atoms with Gasteiger partial charge in [0.2, 0.25) is 0 Å². The van der Waals surface area contributed by atoms with Crippen molar-refractivity contribution in [3.8, 4) is 0 Å². The normalized spacial score (nSPS) is 13.2. The van der Waals surface area contributed by atoms with E-state index in [9.17, 15) is 4.79 Å². The van der Waals surface area contributed by atoms with Crippen LogP contribution in [-0.4, -0.2) is 12.1 Å². The Morgan fingerprint density at radius 2 is 1.91 bits per heavy atom. The molecule has 0 aliphatic heterocycles. The summed E-state index contributed by atoms with van der Waals surface area (Å²) in [5.41, 5.74) is 0. The topological polar surface area (TPSA) is 26.3 Å². The Kier molecular flexibility index (Phi) is 4.92. The quantitative estimate of drug-likeness (QED) is 0.587. The van der Waals surface area contributed by atoms with Gasteiger partial charge < -0.3 is 4.74 Å². The summed E-state index contributed by atoms with van der Waals surface area (Å²) < 4.78 is 5.07.